The van der Waals surface area contributed by atoms with Gasteiger partial charge < -0.3 is 14.7 Å². The molecule has 1 saturated heterocycles. The van der Waals surface area contributed by atoms with Crippen molar-refractivity contribution < 1.29 is 19.4 Å². The lowest BCUT2D eigenvalue weighted by Gasteiger charge is -2.47. The summed E-state index contributed by atoms with van der Waals surface area (Å²) in [5, 5.41) is 9.44. The highest BCUT2D eigenvalue weighted by Gasteiger charge is 2.43. The van der Waals surface area contributed by atoms with Gasteiger partial charge in [-0.25, -0.2) is 4.79 Å². The third-order valence-corrected chi connectivity index (χ3v) is 5.10. The van der Waals surface area contributed by atoms with E-state index in [0.29, 0.717) is 32.3 Å². The van der Waals surface area contributed by atoms with Gasteiger partial charge in [0.15, 0.2) is 0 Å². The van der Waals surface area contributed by atoms with Gasteiger partial charge in [0, 0.05) is 8.59 Å². The Morgan fingerprint density at radius 3 is 2.62 bits per heavy atom. The lowest BCUT2D eigenvalue weighted by atomic mass is 9.95. The van der Waals surface area contributed by atoms with Gasteiger partial charge in [0.1, 0.15) is 12.2 Å². The molecule has 0 unspecified atom stereocenters. The van der Waals surface area contributed by atoms with Gasteiger partial charge in [0.25, 0.3) is 5.91 Å². The molecule has 1 aliphatic rings. The van der Waals surface area contributed by atoms with E-state index in [-0.39, 0.29) is 12.5 Å². The van der Waals surface area contributed by atoms with Gasteiger partial charge >= 0.3 is 5.97 Å². The Hall–Kier alpha value is -0.570. The fourth-order valence-electron chi connectivity index (χ4n) is 2.11. The quantitative estimate of drug-likeness (QED) is 0.574. The topological polar surface area (TPSA) is 66.8 Å². The van der Waals surface area contributed by atoms with E-state index in [0.717, 1.165) is 0 Å². The number of amides is 1. The van der Waals surface area contributed by atoms with Crippen molar-refractivity contribution in [1.29, 1.82) is 0 Å². The molecule has 1 N–H and O–H groups in total. The molecule has 0 atom stereocenters. The van der Waals surface area contributed by atoms with Crippen LogP contribution in [0.3, 0.4) is 0 Å². The van der Waals surface area contributed by atoms with E-state index in [4.69, 9.17) is 33.0 Å². The third-order valence-electron chi connectivity index (χ3n) is 3.11. The van der Waals surface area contributed by atoms with Crippen LogP contribution in [-0.2, 0) is 9.53 Å². The molecule has 1 aliphatic heterocycles. The molecule has 1 aromatic rings. The van der Waals surface area contributed by atoms with Crippen LogP contribution in [0.5, 0.6) is 0 Å². The number of carbonyl (C=O) groups is 2. The summed E-state index contributed by atoms with van der Waals surface area (Å²) in [4.78, 5) is 24.5. The maximum absolute atomic E-state index is 12.4. The number of carboxylic acid groups (broad SMARTS) is 1. The van der Waals surface area contributed by atoms with E-state index in [1.807, 2.05) is 22.6 Å². The Bertz CT molecular complexity index is 602. The Morgan fingerprint density at radius 1 is 1.43 bits per heavy atom. The van der Waals surface area contributed by atoms with Crippen molar-refractivity contribution in [2.75, 3.05) is 19.7 Å². The van der Waals surface area contributed by atoms with Gasteiger partial charge in [-0.3, -0.25) is 4.79 Å². The standard InChI is InChI=1S/C13H12Cl2INO4/c1-13(21-4-10(18)19)5-17(6-13)12(20)8-2-7(14)3-9(15)11(8)16/h2-3H,4-6H2,1H3,(H,18,19). The molecule has 1 amide bonds. The minimum atomic E-state index is -1.03. The van der Waals surface area contributed by atoms with Crippen LogP contribution < -0.4 is 0 Å². The van der Waals surface area contributed by atoms with Crippen LogP contribution in [0.2, 0.25) is 10.0 Å². The summed E-state index contributed by atoms with van der Waals surface area (Å²) in [6.45, 7) is 2.06. The number of carboxylic acids is 1. The molecule has 0 aromatic heterocycles. The summed E-state index contributed by atoms with van der Waals surface area (Å²) < 4.78 is 5.92. The number of rotatable bonds is 4. The molecule has 114 valence electrons. The van der Waals surface area contributed by atoms with Crippen molar-refractivity contribution in [3.8, 4) is 0 Å². The summed E-state index contributed by atoms with van der Waals surface area (Å²) in [6.07, 6.45) is 0. The van der Waals surface area contributed by atoms with Gasteiger partial charge in [0.05, 0.1) is 23.7 Å². The molecule has 8 heteroatoms. The van der Waals surface area contributed by atoms with E-state index in [1.165, 1.54) is 0 Å². The van der Waals surface area contributed by atoms with E-state index >= 15 is 0 Å². The van der Waals surface area contributed by atoms with Gasteiger partial charge in [-0.05, 0) is 41.6 Å². The second-order valence-electron chi connectivity index (χ2n) is 5.04. The molecular weight excluding hydrogens is 432 g/mol. The van der Waals surface area contributed by atoms with Gasteiger partial charge in [-0.1, -0.05) is 23.2 Å². The summed E-state index contributed by atoms with van der Waals surface area (Å²) in [7, 11) is 0. The van der Waals surface area contributed by atoms with Crippen LogP contribution in [-0.4, -0.2) is 47.2 Å². The van der Waals surface area contributed by atoms with Gasteiger partial charge in [-0.15, -0.1) is 0 Å². The monoisotopic (exact) mass is 443 g/mol. The second-order valence-corrected chi connectivity index (χ2v) is 6.97. The van der Waals surface area contributed by atoms with E-state index in [9.17, 15) is 9.59 Å². The zero-order valence-corrected chi connectivity index (χ0v) is 14.7. The minimum Gasteiger partial charge on any atom is -0.480 e. The molecule has 0 bridgehead atoms. The van der Waals surface area contributed by atoms with Crippen molar-refractivity contribution in [2.24, 2.45) is 0 Å². The average molecular weight is 444 g/mol. The number of aliphatic carboxylic acids is 1. The highest BCUT2D eigenvalue weighted by Crippen LogP contribution is 2.31. The van der Waals surface area contributed by atoms with Crippen molar-refractivity contribution in [1.82, 2.24) is 4.90 Å². The summed E-state index contributed by atoms with van der Waals surface area (Å²) in [5.74, 6) is -1.22. The zero-order chi connectivity index (χ0) is 15.8. The van der Waals surface area contributed by atoms with E-state index < -0.39 is 11.6 Å². The van der Waals surface area contributed by atoms with Crippen molar-refractivity contribution in [3.05, 3.63) is 31.3 Å². The fourth-order valence-corrected chi connectivity index (χ4v) is 3.15. The smallest absolute Gasteiger partial charge is 0.329 e. The Labute approximate surface area is 145 Å². The van der Waals surface area contributed by atoms with Crippen LogP contribution in [0.1, 0.15) is 17.3 Å². The number of halogens is 3. The molecule has 0 radical (unpaired) electrons. The molecule has 1 fully saturated rings. The third kappa shape index (κ3) is 3.80. The second kappa shape index (κ2) is 6.28. The minimum absolute atomic E-state index is 0.194. The number of carbonyl (C=O) groups excluding carboxylic acids is 1. The first-order valence-corrected chi connectivity index (χ1v) is 7.85. The van der Waals surface area contributed by atoms with Crippen molar-refractivity contribution in [3.63, 3.8) is 0 Å². The Kier molecular flexibility index (Phi) is 5.02. The molecule has 0 saturated carbocycles. The first-order valence-electron chi connectivity index (χ1n) is 6.01. The number of likely N-dealkylation sites (tertiary alicyclic amines) is 1. The molecule has 21 heavy (non-hydrogen) atoms. The molecule has 5 nitrogen and oxygen atoms in total. The molecule has 0 spiro atoms. The van der Waals surface area contributed by atoms with Crippen LogP contribution in [0.15, 0.2) is 12.1 Å². The first-order chi connectivity index (χ1) is 9.72. The van der Waals surface area contributed by atoms with Crippen LogP contribution in [0.4, 0.5) is 0 Å². The summed E-state index contributed by atoms with van der Waals surface area (Å²) >= 11 is 13.9. The zero-order valence-electron chi connectivity index (χ0n) is 11.0. The number of nitrogens with zero attached hydrogens (tertiary/aromatic N) is 1. The maximum atomic E-state index is 12.4. The lowest BCUT2D eigenvalue weighted by Crippen LogP contribution is -2.63. The van der Waals surface area contributed by atoms with Crippen LogP contribution in [0, 0.1) is 3.57 Å². The predicted molar refractivity (Wildman–Crippen MR) is 87.1 cm³/mol. The number of benzene rings is 1. The molecule has 1 aromatic carbocycles. The Morgan fingerprint density at radius 2 is 2.05 bits per heavy atom. The highest BCUT2D eigenvalue weighted by atomic mass is 127. The Balaban J connectivity index is 2.06. The predicted octanol–water partition coefficient (Wildman–Crippen LogP) is 2.91. The van der Waals surface area contributed by atoms with Crippen molar-refractivity contribution >= 4 is 57.7 Å². The normalized spacial score (nSPS) is 16.5. The molecule has 2 rings (SSSR count). The first kappa shape index (κ1) is 16.8. The van der Waals surface area contributed by atoms with Crippen LogP contribution >= 0.6 is 45.8 Å². The SMILES string of the molecule is CC1(OCC(=O)O)CN(C(=O)c2cc(Cl)cc(Cl)c2I)C1. The lowest BCUT2D eigenvalue weighted by molar-refractivity contribution is -0.159. The number of ether oxygens (including phenoxy) is 1. The molecular formula is C13H12Cl2INO4. The fraction of sp³-hybridized carbons (Fsp3) is 0.385. The summed E-state index contributed by atoms with van der Waals surface area (Å²) in [6, 6.07) is 3.16. The molecule has 0 aliphatic carbocycles. The van der Waals surface area contributed by atoms with E-state index in [2.05, 4.69) is 0 Å². The maximum Gasteiger partial charge on any atom is 0.329 e. The largest absolute Gasteiger partial charge is 0.480 e. The summed E-state index contributed by atoms with van der Waals surface area (Å²) in [5.41, 5.74) is -0.185. The number of hydrogen-bond donors (Lipinski definition) is 1. The highest BCUT2D eigenvalue weighted by molar-refractivity contribution is 14.1. The van der Waals surface area contributed by atoms with Crippen LogP contribution in [0.25, 0.3) is 0 Å². The number of hydrogen-bond acceptors (Lipinski definition) is 3. The van der Waals surface area contributed by atoms with Crippen molar-refractivity contribution in [2.45, 2.75) is 12.5 Å². The molecule has 1 heterocycles. The average Bonchev–Trinajstić information content (AvgIpc) is 2.36. The van der Waals surface area contributed by atoms with Gasteiger partial charge in [-0.2, -0.15) is 0 Å². The van der Waals surface area contributed by atoms with E-state index in [1.54, 1.807) is 24.0 Å². The van der Waals surface area contributed by atoms with Gasteiger partial charge in [0.2, 0.25) is 0 Å².